The Bertz CT molecular complexity index is 867. The predicted molar refractivity (Wildman–Crippen MR) is 94.4 cm³/mol. The average molecular weight is 420 g/mol. The highest BCUT2D eigenvalue weighted by atomic mass is 32.2. The molecule has 0 aromatic carbocycles. The number of rotatable bonds is 9. The molecule has 0 aliphatic carbocycles. The maximum atomic E-state index is 12.4. The van der Waals surface area contributed by atoms with Gasteiger partial charge >= 0.3 is 6.03 Å². The van der Waals surface area contributed by atoms with Crippen molar-refractivity contribution in [2.75, 3.05) is 32.8 Å². The first-order valence-corrected chi connectivity index (χ1v) is 9.77. The second-order valence-corrected chi connectivity index (χ2v) is 7.60. The summed E-state index contributed by atoms with van der Waals surface area (Å²) in [5, 5.41) is 3.72. The first kappa shape index (κ1) is 20.8. The van der Waals surface area contributed by atoms with E-state index in [0.29, 0.717) is 5.56 Å². The molecule has 148 valence electrons. The molecule has 0 saturated heterocycles. The van der Waals surface area contributed by atoms with Crippen LogP contribution in [0, 0.1) is 0 Å². The Morgan fingerprint density at radius 2 is 1.93 bits per heavy atom. The maximum absolute atomic E-state index is 12.4. The molecule has 27 heavy (non-hydrogen) atoms. The number of halogens is 1. The highest BCUT2D eigenvalue weighted by Gasteiger charge is 2.23. The van der Waals surface area contributed by atoms with Crippen LogP contribution < -0.4 is 19.5 Å². The molecule has 0 aliphatic rings. The van der Waals surface area contributed by atoms with Crippen LogP contribution in [0.15, 0.2) is 21.7 Å². The molecule has 0 spiro atoms. The van der Waals surface area contributed by atoms with E-state index in [0.717, 1.165) is 11.3 Å². The van der Waals surface area contributed by atoms with E-state index in [9.17, 15) is 17.6 Å². The largest absolute Gasteiger partial charge is 0.481 e. The summed E-state index contributed by atoms with van der Waals surface area (Å²) in [7, 11) is -1.45. The summed E-state index contributed by atoms with van der Waals surface area (Å²) in [5.74, 6) is 0.0210. The fourth-order valence-corrected chi connectivity index (χ4v) is 4.16. The Labute approximate surface area is 158 Å². The summed E-state index contributed by atoms with van der Waals surface area (Å²) in [6, 6.07) is 1.83. The van der Waals surface area contributed by atoms with Gasteiger partial charge in [-0.15, -0.1) is 11.3 Å². The summed E-state index contributed by atoms with van der Waals surface area (Å²) in [5.41, 5.74) is 0.313. The molecule has 2 aromatic rings. The topological polar surface area (TPSA) is 129 Å². The molecular weight excluding hydrogens is 403 g/mol. The zero-order chi connectivity index (χ0) is 19.9. The van der Waals surface area contributed by atoms with Crippen LogP contribution in [0.25, 0.3) is 0 Å². The zero-order valence-corrected chi connectivity index (χ0v) is 16.0. The van der Waals surface area contributed by atoms with Crippen molar-refractivity contribution in [3.8, 4) is 11.8 Å². The van der Waals surface area contributed by atoms with Crippen LogP contribution in [0.3, 0.4) is 0 Å². The van der Waals surface area contributed by atoms with Crippen LogP contribution in [0.1, 0.15) is 5.56 Å². The maximum Gasteiger partial charge on any atom is 0.335 e. The van der Waals surface area contributed by atoms with E-state index in [1.807, 2.05) is 4.72 Å². The first-order valence-electron chi connectivity index (χ1n) is 7.40. The minimum absolute atomic E-state index is 0.0958. The van der Waals surface area contributed by atoms with Crippen LogP contribution >= 0.6 is 11.3 Å². The van der Waals surface area contributed by atoms with Crippen LogP contribution in [0.5, 0.6) is 11.8 Å². The first-order chi connectivity index (χ1) is 12.9. The van der Waals surface area contributed by atoms with E-state index in [1.54, 1.807) is 0 Å². The standard InChI is InChI=1S/C14H17FN4O6S2/c1-23-10-7-11(24-2)17-13(16-10)18-14(20)19-27(21,22)12-9(3-6-26-12)8-25-5-4-15/h3,6-7H,4-5,8H2,1-2H3,(H2,16,17,18,19,20). The summed E-state index contributed by atoms with van der Waals surface area (Å²) in [4.78, 5) is 19.8. The lowest BCUT2D eigenvalue weighted by atomic mass is 10.4. The van der Waals surface area contributed by atoms with Crippen LogP contribution in [-0.2, 0) is 21.4 Å². The lowest BCUT2D eigenvalue weighted by Crippen LogP contribution is -2.35. The van der Waals surface area contributed by atoms with Crippen LogP contribution in [0.4, 0.5) is 15.1 Å². The number of carbonyl (C=O) groups excluding carboxylic acids is 1. The van der Waals surface area contributed by atoms with Crippen LogP contribution in [0.2, 0.25) is 0 Å². The van der Waals surface area contributed by atoms with Crippen molar-refractivity contribution >= 4 is 33.3 Å². The van der Waals surface area contributed by atoms with E-state index in [4.69, 9.17) is 14.2 Å². The molecule has 2 amide bonds. The number of nitrogens with one attached hydrogen (secondary N) is 2. The number of urea groups is 1. The third kappa shape index (κ3) is 5.74. The highest BCUT2D eigenvalue weighted by molar-refractivity contribution is 7.92. The number of hydrogen-bond acceptors (Lipinski definition) is 9. The number of methoxy groups -OCH3 is 2. The van der Waals surface area contributed by atoms with E-state index < -0.39 is 22.7 Å². The van der Waals surface area contributed by atoms with Gasteiger partial charge in [0.1, 0.15) is 10.9 Å². The fraction of sp³-hybridized carbons (Fsp3) is 0.357. The molecule has 0 radical (unpaired) electrons. The Balaban J connectivity index is 2.10. The lowest BCUT2D eigenvalue weighted by Gasteiger charge is -2.10. The van der Waals surface area contributed by atoms with Crippen molar-refractivity contribution in [2.45, 2.75) is 10.8 Å². The van der Waals surface area contributed by atoms with E-state index >= 15 is 0 Å². The van der Waals surface area contributed by atoms with Gasteiger partial charge in [-0.05, 0) is 11.4 Å². The quantitative estimate of drug-likeness (QED) is 0.585. The molecule has 0 unspecified atom stereocenters. The number of carbonyl (C=O) groups is 1. The van der Waals surface area contributed by atoms with Crippen molar-refractivity contribution in [1.29, 1.82) is 0 Å². The zero-order valence-electron chi connectivity index (χ0n) is 14.4. The van der Waals surface area contributed by atoms with Crippen molar-refractivity contribution in [3.05, 3.63) is 23.1 Å². The third-order valence-corrected chi connectivity index (χ3v) is 5.88. The Morgan fingerprint density at radius 3 is 2.52 bits per heavy atom. The van der Waals surface area contributed by atoms with Crippen LogP contribution in [-0.4, -0.2) is 51.9 Å². The van der Waals surface area contributed by atoms with Gasteiger partial charge in [-0.3, -0.25) is 5.32 Å². The summed E-state index contributed by atoms with van der Waals surface area (Å²) >= 11 is 0.899. The van der Waals surface area contributed by atoms with E-state index in [2.05, 4.69) is 15.3 Å². The molecule has 0 fully saturated rings. The molecule has 2 heterocycles. The summed E-state index contributed by atoms with van der Waals surface area (Å²) in [6.07, 6.45) is 0. The summed E-state index contributed by atoms with van der Waals surface area (Å²) < 4.78 is 53.6. The second-order valence-electron chi connectivity index (χ2n) is 4.81. The molecule has 2 N–H and O–H groups in total. The number of hydrogen-bond donors (Lipinski definition) is 2. The molecule has 0 saturated carbocycles. The second kappa shape index (κ2) is 9.43. The Morgan fingerprint density at radius 1 is 1.26 bits per heavy atom. The SMILES string of the molecule is COc1cc(OC)nc(NC(=O)NS(=O)(=O)c2sccc2COCCF)n1. The molecule has 0 bridgehead atoms. The van der Waals surface area contributed by atoms with Gasteiger partial charge in [0.25, 0.3) is 10.0 Å². The van der Waals surface area contributed by atoms with Gasteiger partial charge in [0.15, 0.2) is 0 Å². The van der Waals surface area contributed by atoms with Gasteiger partial charge in [0, 0.05) is 5.56 Å². The number of anilines is 1. The van der Waals surface area contributed by atoms with E-state index in [-0.39, 0.29) is 35.1 Å². The number of aromatic nitrogens is 2. The molecule has 13 heteroatoms. The van der Waals surface area contributed by atoms with Gasteiger partial charge < -0.3 is 14.2 Å². The predicted octanol–water partition coefficient (Wildman–Crippen LogP) is 1.55. The van der Waals surface area contributed by atoms with Gasteiger partial charge in [-0.1, -0.05) is 0 Å². The minimum atomic E-state index is -4.17. The molecular formula is C14H17FN4O6S2. The number of ether oxygens (including phenoxy) is 3. The molecule has 0 aliphatic heterocycles. The Hall–Kier alpha value is -2.51. The number of sulfonamides is 1. The monoisotopic (exact) mass is 420 g/mol. The number of thiophene rings is 1. The van der Waals surface area contributed by atoms with Crippen molar-refractivity contribution in [2.24, 2.45) is 0 Å². The summed E-state index contributed by atoms with van der Waals surface area (Å²) in [6.45, 7) is -0.934. The minimum Gasteiger partial charge on any atom is -0.481 e. The van der Waals surface area contributed by atoms with Gasteiger partial charge in [0.2, 0.25) is 17.7 Å². The van der Waals surface area contributed by atoms with E-state index in [1.165, 1.54) is 31.7 Å². The van der Waals surface area contributed by atoms with Gasteiger partial charge in [-0.25, -0.2) is 22.3 Å². The van der Waals surface area contributed by atoms with Crippen molar-refractivity contribution in [3.63, 3.8) is 0 Å². The number of nitrogens with zero attached hydrogens (tertiary/aromatic N) is 2. The highest BCUT2D eigenvalue weighted by Crippen LogP contribution is 2.23. The third-order valence-electron chi connectivity index (χ3n) is 2.98. The average Bonchev–Trinajstić information content (AvgIpc) is 3.10. The Kier molecular flexibility index (Phi) is 7.27. The fourth-order valence-electron chi connectivity index (χ4n) is 1.87. The smallest absolute Gasteiger partial charge is 0.335 e. The molecule has 0 atom stereocenters. The van der Waals surface area contributed by atoms with Gasteiger partial charge in [-0.2, -0.15) is 9.97 Å². The van der Waals surface area contributed by atoms with Gasteiger partial charge in [0.05, 0.1) is 33.5 Å². The van der Waals surface area contributed by atoms with Crippen molar-refractivity contribution in [1.82, 2.24) is 14.7 Å². The molecule has 2 rings (SSSR count). The molecule has 2 aromatic heterocycles. The lowest BCUT2D eigenvalue weighted by molar-refractivity contribution is 0.105. The number of amides is 2. The number of alkyl halides is 1. The van der Waals surface area contributed by atoms with Crippen molar-refractivity contribution < 1.29 is 31.8 Å². The molecule has 10 nitrogen and oxygen atoms in total. The normalized spacial score (nSPS) is 11.1.